The van der Waals surface area contributed by atoms with Gasteiger partial charge in [-0.05, 0) is 29.2 Å². The van der Waals surface area contributed by atoms with Gasteiger partial charge < -0.3 is 5.11 Å². The third-order valence-electron chi connectivity index (χ3n) is 3.00. The first-order valence-electron chi connectivity index (χ1n) is 6.44. The summed E-state index contributed by atoms with van der Waals surface area (Å²) >= 11 is 7.23. The van der Waals surface area contributed by atoms with E-state index in [0.717, 1.165) is 4.90 Å². The van der Waals surface area contributed by atoms with Gasteiger partial charge in [0.2, 0.25) is 0 Å². The van der Waals surface area contributed by atoms with Gasteiger partial charge in [0.05, 0.1) is 10.6 Å². The largest absolute Gasteiger partial charge is 0.478 e. The number of carboxylic acid groups (broad SMARTS) is 1. The number of hydrogen-bond acceptors (Lipinski definition) is 3. The molecule has 1 aromatic heterocycles. The fraction of sp³-hybridized carbons (Fsp3) is 0.250. The first kappa shape index (κ1) is 15.9. The third kappa shape index (κ3) is 3.99. The van der Waals surface area contributed by atoms with Crippen LogP contribution >= 0.6 is 23.4 Å². The number of halogens is 1. The highest BCUT2D eigenvalue weighted by molar-refractivity contribution is 7.99. The minimum Gasteiger partial charge on any atom is -0.478 e. The van der Waals surface area contributed by atoms with Gasteiger partial charge in [0.15, 0.2) is 0 Å². The number of pyridine rings is 1. The van der Waals surface area contributed by atoms with E-state index in [0.29, 0.717) is 5.03 Å². The average molecular weight is 322 g/mol. The second kappa shape index (κ2) is 6.08. The molecule has 1 N–H and O–H groups in total. The number of hydrogen-bond donors (Lipinski definition) is 1. The Bertz CT molecular complexity index is 663. The average Bonchev–Trinajstić information content (AvgIpc) is 2.40. The molecule has 2 aromatic rings. The van der Waals surface area contributed by atoms with Crippen LogP contribution in [0, 0.1) is 0 Å². The Morgan fingerprint density at radius 1 is 1.24 bits per heavy atom. The van der Waals surface area contributed by atoms with Gasteiger partial charge in [-0.1, -0.05) is 56.3 Å². The Morgan fingerprint density at radius 2 is 1.86 bits per heavy atom. The van der Waals surface area contributed by atoms with E-state index in [4.69, 9.17) is 16.7 Å². The lowest BCUT2D eigenvalue weighted by molar-refractivity contribution is 0.0696. The summed E-state index contributed by atoms with van der Waals surface area (Å²) in [5.74, 6) is -1.05. The number of aromatic nitrogens is 1. The minimum atomic E-state index is -1.05. The van der Waals surface area contributed by atoms with E-state index in [1.165, 1.54) is 29.6 Å². The zero-order valence-corrected chi connectivity index (χ0v) is 13.6. The molecule has 0 amide bonds. The lowest BCUT2D eigenvalue weighted by atomic mass is 9.87. The van der Waals surface area contributed by atoms with E-state index >= 15 is 0 Å². The first-order chi connectivity index (χ1) is 9.77. The van der Waals surface area contributed by atoms with Crippen LogP contribution in [0.15, 0.2) is 46.5 Å². The van der Waals surface area contributed by atoms with Crippen LogP contribution in [-0.4, -0.2) is 16.1 Å². The summed E-state index contributed by atoms with van der Waals surface area (Å²) in [6.45, 7) is 6.49. The van der Waals surface area contributed by atoms with E-state index in [9.17, 15) is 4.79 Å². The molecular weight excluding hydrogens is 306 g/mol. The molecule has 0 saturated carbocycles. The van der Waals surface area contributed by atoms with E-state index in [-0.39, 0.29) is 16.0 Å². The molecule has 3 nitrogen and oxygen atoms in total. The molecule has 2 rings (SSSR count). The van der Waals surface area contributed by atoms with E-state index in [1.807, 2.05) is 12.1 Å². The summed E-state index contributed by atoms with van der Waals surface area (Å²) in [4.78, 5) is 16.2. The maximum atomic E-state index is 11.1. The standard InChI is InChI=1S/C16H16ClNO2S/c1-16(2,3)10-4-6-11(7-5-10)21-14-8-12(15(19)20)13(17)9-18-14/h4-9H,1-3H3,(H,19,20). The van der Waals surface area contributed by atoms with Crippen LogP contribution in [0.1, 0.15) is 36.7 Å². The smallest absolute Gasteiger partial charge is 0.337 e. The summed E-state index contributed by atoms with van der Waals surface area (Å²) in [7, 11) is 0. The number of carboxylic acids is 1. The summed E-state index contributed by atoms with van der Waals surface area (Å²) < 4.78 is 0. The minimum absolute atomic E-state index is 0.0699. The molecule has 5 heteroatoms. The molecule has 0 radical (unpaired) electrons. The highest BCUT2D eigenvalue weighted by Gasteiger charge is 2.14. The molecule has 1 aromatic carbocycles. The van der Waals surface area contributed by atoms with Gasteiger partial charge in [-0.2, -0.15) is 0 Å². The van der Waals surface area contributed by atoms with E-state index in [2.05, 4.69) is 37.9 Å². The van der Waals surface area contributed by atoms with Crippen LogP contribution in [0.5, 0.6) is 0 Å². The lowest BCUT2D eigenvalue weighted by Crippen LogP contribution is -2.10. The second-order valence-electron chi connectivity index (χ2n) is 5.68. The van der Waals surface area contributed by atoms with Crippen molar-refractivity contribution in [1.29, 1.82) is 0 Å². The number of rotatable bonds is 3. The molecule has 0 saturated heterocycles. The molecule has 0 unspecified atom stereocenters. The van der Waals surface area contributed by atoms with Crippen LogP contribution in [0.2, 0.25) is 5.02 Å². The molecule has 1 heterocycles. The van der Waals surface area contributed by atoms with Gasteiger partial charge in [0.1, 0.15) is 5.03 Å². The van der Waals surface area contributed by atoms with Gasteiger partial charge >= 0.3 is 5.97 Å². The van der Waals surface area contributed by atoms with Gasteiger partial charge in [0, 0.05) is 11.1 Å². The molecular formula is C16H16ClNO2S. The predicted molar refractivity (Wildman–Crippen MR) is 85.5 cm³/mol. The number of carbonyl (C=O) groups is 1. The van der Waals surface area contributed by atoms with Crippen molar-refractivity contribution in [3.63, 3.8) is 0 Å². The van der Waals surface area contributed by atoms with Gasteiger partial charge in [0.25, 0.3) is 0 Å². The molecule has 0 bridgehead atoms. The van der Waals surface area contributed by atoms with Crippen molar-refractivity contribution < 1.29 is 9.90 Å². The summed E-state index contributed by atoms with van der Waals surface area (Å²) in [6.07, 6.45) is 1.37. The van der Waals surface area contributed by atoms with Crippen molar-refractivity contribution >= 4 is 29.3 Å². The maximum absolute atomic E-state index is 11.1. The Labute approximate surface area is 133 Å². The van der Waals surface area contributed by atoms with Crippen molar-refractivity contribution in [3.8, 4) is 0 Å². The number of benzene rings is 1. The summed E-state index contributed by atoms with van der Waals surface area (Å²) in [5, 5.41) is 9.82. The van der Waals surface area contributed by atoms with Crippen molar-refractivity contribution in [1.82, 2.24) is 4.98 Å². The van der Waals surface area contributed by atoms with E-state index in [1.54, 1.807) is 0 Å². The Hall–Kier alpha value is -1.52. The van der Waals surface area contributed by atoms with Crippen molar-refractivity contribution in [2.75, 3.05) is 0 Å². The number of nitrogens with zero attached hydrogens (tertiary/aromatic N) is 1. The molecule has 0 aliphatic rings. The highest BCUT2D eigenvalue weighted by Crippen LogP contribution is 2.30. The molecule has 110 valence electrons. The van der Waals surface area contributed by atoms with Gasteiger partial charge in [-0.15, -0.1) is 0 Å². The van der Waals surface area contributed by atoms with Crippen molar-refractivity contribution in [2.45, 2.75) is 36.1 Å². The van der Waals surface area contributed by atoms with Crippen LogP contribution in [0.3, 0.4) is 0 Å². The fourth-order valence-electron chi connectivity index (χ4n) is 1.78. The van der Waals surface area contributed by atoms with Crippen LogP contribution in [0.4, 0.5) is 0 Å². The monoisotopic (exact) mass is 321 g/mol. The Balaban J connectivity index is 2.22. The highest BCUT2D eigenvalue weighted by atomic mass is 35.5. The fourth-order valence-corrected chi connectivity index (χ4v) is 2.76. The molecule has 0 spiro atoms. The normalized spacial score (nSPS) is 11.4. The zero-order chi connectivity index (χ0) is 15.6. The molecule has 0 aliphatic carbocycles. The molecule has 0 atom stereocenters. The van der Waals surface area contributed by atoms with Gasteiger partial charge in [-0.25, -0.2) is 9.78 Å². The lowest BCUT2D eigenvalue weighted by Gasteiger charge is -2.19. The van der Waals surface area contributed by atoms with Crippen LogP contribution < -0.4 is 0 Å². The topological polar surface area (TPSA) is 50.2 Å². The molecule has 0 aliphatic heterocycles. The maximum Gasteiger partial charge on any atom is 0.337 e. The third-order valence-corrected chi connectivity index (χ3v) is 4.24. The zero-order valence-electron chi connectivity index (χ0n) is 12.1. The quantitative estimate of drug-likeness (QED) is 0.875. The number of aromatic carboxylic acids is 1. The van der Waals surface area contributed by atoms with Crippen LogP contribution in [-0.2, 0) is 5.41 Å². The predicted octanol–water partition coefficient (Wildman–Crippen LogP) is 4.88. The van der Waals surface area contributed by atoms with Crippen molar-refractivity contribution in [2.24, 2.45) is 0 Å². The second-order valence-corrected chi connectivity index (χ2v) is 7.18. The first-order valence-corrected chi connectivity index (χ1v) is 7.64. The summed E-state index contributed by atoms with van der Waals surface area (Å²) in [5.41, 5.74) is 1.43. The van der Waals surface area contributed by atoms with E-state index < -0.39 is 5.97 Å². The summed E-state index contributed by atoms with van der Waals surface area (Å²) in [6, 6.07) is 9.68. The van der Waals surface area contributed by atoms with Crippen molar-refractivity contribution in [3.05, 3.63) is 52.7 Å². The Kier molecular flexibility index (Phi) is 4.59. The molecule has 0 fully saturated rings. The molecule has 21 heavy (non-hydrogen) atoms. The Morgan fingerprint density at radius 3 is 2.38 bits per heavy atom. The van der Waals surface area contributed by atoms with Crippen LogP contribution in [0.25, 0.3) is 0 Å². The SMILES string of the molecule is CC(C)(C)c1ccc(Sc2cc(C(=O)O)c(Cl)cn2)cc1. The van der Waals surface area contributed by atoms with Gasteiger partial charge in [-0.3, -0.25) is 0 Å².